The number of halogens is 6. The fourth-order valence-electron chi connectivity index (χ4n) is 2.27. The molecule has 6 N–H and O–H groups in total. The van der Waals surface area contributed by atoms with Crippen LogP contribution in [0, 0.1) is 0 Å². The van der Waals surface area contributed by atoms with Crippen LogP contribution in [0.4, 0.5) is 0 Å². The van der Waals surface area contributed by atoms with E-state index in [2.05, 4.69) is 0 Å². The first-order valence-electron chi connectivity index (χ1n) is 6.86. The molecule has 2 rings (SSSR count). The van der Waals surface area contributed by atoms with Crippen molar-refractivity contribution in [3.63, 3.8) is 0 Å². The summed E-state index contributed by atoms with van der Waals surface area (Å²) in [5, 5.41) is 51.2. The number of aliphatic hydroxyl groups excluding tert-OH is 6. The first-order valence-corrected chi connectivity index (χ1v) is 9.48. The molecule has 0 aromatic heterocycles. The van der Waals surface area contributed by atoms with Crippen molar-refractivity contribution < 1.29 is 30.6 Å². The summed E-state index contributed by atoms with van der Waals surface area (Å²) in [5.41, 5.74) is 0. The Morgan fingerprint density at radius 3 is 0.458 bits per heavy atom. The van der Waals surface area contributed by atoms with Gasteiger partial charge in [0.1, 0.15) is 36.6 Å². The second-order valence-corrected chi connectivity index (χ2v) is 8.63. The molecule has 2 aliphatic carbocycles. The van der Waals surface area contributed by atoms with Crippen molar-refractivity contribution in [2.45, 2.75) is 68.9 Å². The summed E-state index contributed by atoms with van der Waals surface area (Å²) in [4.78, 5) is 0. The van der Waals surface area contributed by atoms with Gasteiger partial charge in [0.25, 0.3) is 0 Å². The zero-order chi connectivity index (χ0) is 18.9. The van der Waals surface area contributed by atoms with Crippen molar-refractivity contribution in [2.24, 2.45) is 0 Å². The van der Waals surface area contributed by atoms with Crippen LogP contribution in [0.15, 0.2) is 0 Å². The lowest BCUT2D eigenvalue weighted by Crippen LogP contribution is -2.63. The lowest BCUT2D eigenvalue weighted by molar-refractivity contribution is -0.223. The summed E-state index contributed by atoms with van der Waals surface area (Å²) >= 11 is 35.3. The summed E-state index contributed by atoms with van der Waals surface area (Å²) in [6.07, 6.45) is -9.84. The zero-order valence-corrected chi connectivity index (χ0v) is 16.4. The van der Waals surface area contributed by atoms with Gasteiger partial charge in [-0.15, -0.1) is 69.6 Å². The van der Waals surface area contributed by atoms with Crippen molar-refractivity contribution in [1.82, 2.24) is 0 Å². The Balaban J connectivity index is 0.000000240. The average molecular weight is 471 g/mol. The summed E-state index contributed by atoms with van der Waals surface area (Å²) < 4.78 is 0. The fraction of sp³-hybridized carbons (Fsp3) is 1.00. The van der Waals surface area contributed by atoms with Crippen LogP contribution in [0.3, 0.4) is 0 Å². The molecule has 6 nitrogen and oxygen atoms in total. The number of rotatable bonds is 0. The molecule has 0 atom stereocenters. The Kier molecular flexibility index (Phi) is 9.44. The number of hydrogen-bond acceptors (Lipinski definition) is 6. The molecule has 0 aliphatic heterocycles. The van der Waals surface area contributed by atoms with E-state index in [0.29, 0.717) is 0 Å². The Labute approximate surface area is 168 Å². The minimum absolute atomic E-state index is 0.437. The summed E-state index contributed by atoms with van der Waals surface area (Å²) in [5.74, 6) is 0. The summed E-state index contributed by atoms with van der Waals surface area (Å²) in [7, 11) is 0. The molecule has 0 heterocycles. The Morgan fingerprint density at radius 2 is 0.375 bits per heavy atom. The van der Waals surface area contributed by atoms with Gasteiger partial charge in [-0.25, -0.2) is 0 Å². The molecule has 2 aliphatic rings. The zero-order valence-electron chi connectivity index (χ0n) is 11.9. The third-order valence-corrected chi connectivity index (χ3v) is 7.96. The molecule has 2 saturated carbocycles. The second-order valence-electron chi connectivity index (χ2n) is 5.61. The van der Waals surface area contributed by atoms with Gasteiger partial charge < -0.3 is 30.6 Å². The quantitative estimate of drug-likeness (QED) is 0.273. The standard InChI is InChI=1S/C6H6Cl6.C6H12O6/c2*7-1-2(8)4(10)6(12)5(11)3(1)9/h1-6H;1-12H/t1-,2-,3-,4+,5+,6+;1-,2-,3-,4+,5-,6-. The van der Waals surface area contributed by atoms with E-state index in [9.17, 15) is 0 Å². The van der Waals surface area contributed by atoms with E-state index in [4.69, 9.17) is 100 Å². The van der Waals surface area contributed by atoms with Crippen LogP contribution in [-0.4, -0.2) is 99.5 Å². The van der Waals surface area contributed by atoms with Crippen molar-refractivity contribution in [3.05, 3.63) is 0 Å². The highest BCUT2D eigenvalue weighted by Gasteiger charge is 2.48. The van der Waals surface area contributed by atoms with Gasteiger partial charge in [0.2, 0.25) is 0 Å². The highest BCUT2D eigenvalue weighted by atomic mass is 35.5. The predicted molar refractivity (Wildman–Crippen MR) is 93.9 cm³/mol. The van der Waals surface area contributed by atoms with E-state index >= 15 is 0 Å². The Morgan fingerprint density at radius 1 is 0.292 bits per heavy atom. The van der Waals surface area contributed by atoms with Crippen LogP contribution in [0.2, 0.25) is 0 Å². The Hall–Kier alpha value is 1.50. The molecule has 0 saturated heterocycles. The fourth-order valence-corrected chi connectivity index (χ4v) is 4.59. The molecule has 0 spiro atoms. The lowest BCUT2D eigenvalue weighted by atomic mass is 9.85. The maximum absolute atomic E-state index is 8.97. The smallest absolute Gasteiger partial charge is 0.111 e. The molecule has 0 bridgehead atoms. The summed E-state index contributed by atoms with van der Waals surface area (Å²) in [6, 6.07) is 0. The topological polar surface area (TPSA) is 121 Å². The number of alkyl halides is 6. The van der Waals surface area contributed by atoms with E-state index in [1.807, 2.05) is 0 Å². The third kappa shape index (κ3) is 4.86. The van der Waals surface area contributed by atoms with Gasteiger partial charge in [0, 0.05) is 0 Å². The molecule has 0 unspecified atom stereocenters. The number of hydrogen-bond donors (Lipinski definition) is 6. The SMILES string of the molecule is Cl[C@H]1[C@H](Cl)[C@@H](Cl)[C@@H](Cl)[C@H](Cl)[C@H]1Cl.O[C@H]1[C@H](O)[C@@H](O)[C@H](O)[C@@H](O)[C@H]1O. The van der Waals surface area contributed by atoms with E-state index in [-0.39, 0.29) is 0 Å². The molecule has 2 fully saturated rings. The van der Waals surface area contributed by atoms with E-state index in [1.54, 1.807) is 0 Å². The molecular formula is C12H18Cl6O6. The molecule has 0 aromatic rings. The van der Waals surface area contributed by atoms with Crippen molar-refractivity contribution in [3.8, 4) is 0 Å². The van der Waals surface area contributed by atoms with Gasteiger partial charge in [-0.1, -0.05) is 0 Å². The molecule has 0 amide bonds. The highest BCUT2D eigenvalue weighted by molar-refractivity contribution is 6.45. The van der Waals surface area contributed by atoms with Crippen LogP contribution < -0.4 is 0 Å². The molecular weight excluding hydrogens is 453 g/mol. The van der Waals surface area contributed by atoms with Gasteiger partial charge in [0.05, 0.1) is 32.3 Å². The average Bonchev–Trinajstić information content (AvgIpc) is 2.58. The minimum Gasteiger partial charge on any atom is -0.387 e. The minimum atomic E-state index is -1.64. The maximum Gasteiger partial charge on any atom is 0.111 e. The van der Waals surface area contributed by atoms with Gasteiger partial charge >= 0.3 is 0 Å². The van der Waals surface area contributed by atoms with Crippen LogP contribution in [0.5, 0.6) is 0 Å². The monoisotopic (exact) mass is 468 g/mol. The van der Waals surface area contributed by atoms with Crippen molar-refractivity contribution in [1.29, 1.82) is 0 Å². The lowest BCUT2D eigenvalue weighted by Gasteiger charge is -2.39. The Bertz CT molecular complexity index is 255. The van der Waals surface area contributed by atoms with Crippen LogP contribution in [-0.2, 0) is 0 Å². The van der Waals surface area contributed by atoms with E-state index in [1.165, 1.54) is 0 Å². The molecule has 0 radical (unpaired) electrons. The highest BCUT2D eigenvalue weighted by Crippen LogP contribution is 2.39. The number of aliphatic hydroxyl groups is 6. The van der Waals surface area contributed by atoms with Crippen molar-refractivity contribution in [2.75, 3.05) is 0 Å². The molecule has 24 heavy (non-hydrogen) atoms. The van der Waals surface area contributed by atoms with Gasteiger partial charge in [-0.3, -0.25) is 0 Å². The van der Waals surface area contributed by atoms with Crippen LogP contribution in [0.25, 0.3) is 0 Å². The van der Waals surface area contributed by atoms with Gasteiger partial charge in [-0.2, -0.15) is 0 Å². The van der Waals surface area contributed by atoms with Gasteiger partial charge in [0.15, 0.2) is 0 Å². The molecule has 12 heteroatoms. The van der Waals surface area contributed by atoms with E-state index in [0.717, 1.165) is 0 Å². The first kappa shape index (κ1) is 23.5. The normalized spacial score (nSPS) is 55.5. The first-order chi connectivity index (χ1) is 10.9. The van der Waals surface area contributed by atoms with Crippen molar-refractivity contribution >= 4 is 69.6 Å². The third-order valence-electron chi connectivity index (χ3n) is 3.92. The summed E-state index contributed by atoms with van der Waals surface area (Å²) in [6.45, 7) is 0. The molecule has 0 aromatic carbocycles. The maximum atomic E-state index is 8.97. The van der Waals surface area contributed by atoms with Crippen LogP contribution in [0.1, 0.15) is 0 Å². The van der Waals surface area contributed by atoms with Crippen LogP contribution >= 0.6 is 69.6 Å². The van der Waals surface area contributed by atoms with Gasteiger partial charge in [-0.05, 0) is 0 Å². The largest absolute Gasteiger partial charge is 0.387 e. The second kappa shape index (κ2) is 9.62. The molecule has 144 valence electrons. The predicted octanol–water partition coefficient (Wildman–Crippen LogP) is -0.190. The van der Waals surface area contributed by atoms with E-state index < -0.39 is 68.9 Å².